The van der Waals surface area contributed by atoms with E-state index in [-0.39, 0.29) is 11.7 Å². The van der Waals surface area contributed by atoms with Crippen molar-refractivity contribution in [1.82, 2.24) is 14.8 Å². The standard InChI is InChI=1S/C20H22N4O2S/c1-4-26-16-11-9-15(10-12-16)19-22-23-20(24(19)3)27-13-18(25)21-17-8-6-5-7-14(17)2/h5-12H,4,13H2,1-3H3,(H,21,25). The summed E-state index contributed by atoms with van der Waals surface area (Å²) in [6.45, 7) is 4.55. The molecule has 2 aromatic carbocycles. The molecule has 140 valence electrons. The van der Waals surface area contributed by atoms with Crippen molar-refractivity contribution in [3.63, 3.8) is 0 Å². The van der Waals surface area contributed by atoms with Crippen LogP contribution in [0.4, 0.5) is 5.69 Å². The highest BCUT2D eigenvalue weighted by Gasteiger charge is 2.13. The van der Waals surface area contributed by atoms with E-state index >= 15 is 0 Å². The second kappa shape index (κ2) is 8.73. The molecule has 0 atom stereocenters. The fraction of sp³-hybridized carbons (Fsp3) is 0.250. The van der Waals surface area contributed by atoms with Crippen molar-refractivity contribution >= 4 is 23.4 Å². The number of hydrogen-bond acceptors (Lipinski definition) is 5. The summed E-state index contributed by atoms with van der Waals surface area (Å²) in [6, 6.07) is 15.4. The molecule has 6 nitrogen and oxygen atoms in total. The first kappa shape index (κ1) is 19.0. The Morgan fingerprint density at radius 1 is 1.15 bits per heavy atom. The number of ether oxygens (including phenoxy) is 1. The number of hydrogen-bond donors (Lipinski definition) is 1. The van der Waals surface area contributed by atoms with E-state index < -0.39 is 0 Å². The second-order valence-corrected chi connectivity index (χ2v) is 6.92. The molecular formula is C20H22N4O2S. The predicted octanol–water partition coefficient (Wildman–Crippen LogP) is 3.92. The molecule has 0 unspecified atom stereocenters. The first-order valence-corrected chi connectivity index (χ1v) is 9.68. The van der Waals surface area contributed by atoms with Gasteiger partial charge in [-0.1, -0.05) is 30.0 Å². The minimum absolute atomic E-state index is 0.0695. The fourth-order valence-corrected chi connectivity index (χ4v) is 3.30. The maximum absolute atomic E-state index is 12.2. The van der Waals surface area contributed by atoms with Crippen LogP contribution in [-0.4, -0.2) is 33.0 Å². The topological polar surface area (TPSA) is 69.0 Å². The molecule has 0 aliphatic rings. The summed E-state index contributed by atoms with van der Waals surface area (Å²) in [5, 5.41) is 12.1. The summed E-state index contributed by atoms with van der Waals surface area (Å²) in [7, 11) is 1.90. The van der Waals surface area contributed by atoms with E-state index in [2.05, 4.69) is 15.5 Å². The second-order valence-electron chi connectivity index (χ2n) is 5.97. The van der Waals surface area contributed by atoms with Gasteiger partial charge in [0, 0.05) is 18.3 Å². The Hall–Kier alpha value is -2.80. The van der Waals surface area contributed by atoms with Gasteiger partial charge in [0.25, 0.3) is 0 Å². The highest BCUT2D eigenvalue weighted by molar-refractivity contribution is 7.99. The quantitative estimate of drug-likeness (QED) is 0.627. The number of rotatable bonds is 7. The van der Waals surface area contributed by atoms with Crippen LogP contribution in [0.1, 0.15) is 12.5 Å². The molecule has 0 fully saturated rings. The van der Waals surface area contributed by atoms with Crippen molar-refractivity contribution in [1.29, 1.82) is 0 Å². The Kier molecular flexibility index (Phi) is 6.13. The molecule has 0 bridgehead atoms. The third-order valence-electron chi connectivity index (χ3n) is 4.01. The minimum atomic E-state index is -0.0695. The maximum atomic E-state index is 12.2. The van der Waals surface area contributed by atoms with E-state index in [1.165, 1.54) is 11.8 Å². The summed E-state index contributed by atoms with van der Waals surface area (Å²) in [6.07, 6.45) is 0. The monoisotopic (exact) mass is 382 g/mol. The van der Waals surface area contributed by atoms with Crippen molar-refractivity contribution in [3.05, 3.63) is 54.1 Å². The molecule has 0 radical (unpaired) electrons. The van der Waals surface area contributed by atoms with Crippen LogP contribution in [0, 0.1) is 6.92 Å². The number of carbonyl (C=O) groups excluding carboxylic acids is 1. The van der Waals surface area contributed by atoms with Crippen LogP contribution >= 0.6 is 11.8 Å². The zero-order valence-electron chi connectivity index (χ0n) is 15.6. The molecular weight excluding hydrogens is 360 g/mol. The normalized spacial score (nSPS) is 10.6. The third-order valence-corrected chi connectivity index (χ3v) is 5.03. The Morgan fingerprint density at radius 2 is 1.89 bits per heavy atom. The number of para-hydroxylation sites is 1. The highest BCUT2D eigenvalue weighted by Crippen LogP contribution is 2.24. The Labute approximate surface area is 163 Å². The molecule has 27 heavy (non-hydrogen) atoms. The molecule has 1 aromatic heterocycles. The van der Waals surface area contributed by atoms with Crippen molar-refractivity contribution < 1.29 is 9.53 Å². The molecule has 3 aromatic rings. The predicted molar refractivity (Wildman–Crippen MR) is 108 cm³/mol. The molecule has 7 heteroatoms. The number of benzene rings is 2. The molecule has 1 amide bonds. The molecule has 0 saturated heterocycles. The van der Waals surface area contributed by atoms with E-state index in [0.29, 0.717) is 11.8 Å². The number of nitrogens with one attached hydrogen (secondary N) is 1. The smallest absolute Gasteiger partial charge is 0.234 e. The summed E-state index contributed by atoms with van der Waals surface area (Å²) in [5.41, 5.74) is 2.81. The van der Waals surface area contributed by atoms with Crippen LogP contribution in [0.25, 0.3) is 11.4 Å². The summed E-state index contributed by atoms with van der Waals surface area (Å²) in [4.78, 5) is 12.2. The SMILES string of the molecule is CCOc1ccc(-c2nnc(SCC(=O)Nc3ccccc3C)n2C)cc1. The zero-order chi connectivity index (χ0) is 19.2. The van der Waals surface area contributed by atoms with Gasteiger partial charge >= 0.3 is 0 Å². The molecule has 3 rings (SSSR count). The number of thioether (sulfide) groups is 1. The van der Waals surface area contributed by atoms with Crippen molar-refractivity contribution in [2.24, 2.45) is 7.05 Å². The summed E-state index contributed by atoms with van der Waals surface area (Å²) >= 11 is 1.36. The van der Waals surface area contributed by atoms with Crippen LogP contribution in [0.3, 0.4) is 0 Å². The van der Waals surface area contributed by atoms with Gasteiger partial charge in [0.1, 0.15) is 5.75 Å². The Bertz CT molecular complexity index is 922. The van der Waals surface area contributed by atoms with Gasteiger partial charge in [-0.25, -0.2) is 0 Å². The van der Waals surface area contributed by atoms with Gasteiger partial charge in [-0.3, -0.25) is 4.79 Å². The lowest BCUT2D eigenvalue weighted by Gasteiger charge is -2.08. The molecule has 0 saturated carbocycles. The van der Waals surface area contributed by atoms with E-state index in [9.17, 15) is 4.79 Å². The van der Waals surface area contributed by atoms with E-state index in [4.69, 9.17) is 4.74 Å². The Morgan fingerprint density at radius 3 is 2.59 bits per heavy atom. The summed E-state index contributed by atoms with van der Waals surface area (Å²) < 4.78 is 7.35. The number of nitrogens with zero attached hydrogens (tertiary/aromatic N) is 3. The van der Waals surface area contributed by atoms with Gasteiger partial charge < -0.3 is 14.6 Å². The van der Waals surface area contributed by atoms with Gasteiger partial charge in [-0.15, -0.1) is 10.2 Å². The van der Waals surface area contributed by atoms with E-state index in [0.717, 1.165) is 28.4 Å². The van der Waals surface area contributed by atoms with Crippen LogP contribution in [-0.2, 0) is 11.8 Å². The maximum Gasteiger partial charge on any atom is 0.234 e. The fourth-order valence-electron chi connectivity index (χ4n) is 2.59. The number of aromatic nitrogens is 3. The summed E-state index contributed by atoms with van der Waals surface area (Å²) in [5.74, 6) is 1.77. The van der Waals surface area contributed by atoms with Gasteiger partial charge in [-0.2, -0.15) is 0 Å². The largest absolute Gasteiger partial charge is 0.494 e. The lowest BCUT2D eigenvalue weighted by molar-refractivity contribution is -0.113. The zero-order valence-corrected chi connectivity index (χ0v) is 16.4. The first-order chi connectivity index (χ1) is 13.1. The average molecular weight is 382 g/mol. The molecule has 0 aliphatic carbocycles. The molecule has 1 N–H and O–H groups in total. The van der Waals surface area contributed by atoms with Crippen LogP contribution in [0.5, 0.6) is 5.75 Å². The number of amides is 1. The third kappa shape index (κ3) is 4.68. The highest BCUT2D eigenvalue weighted by atomic mass is 32.2. The Balaban J connectivity index is 1.63. The van der Waals surface area contributed by atoms with Crippen molar-refractivity contribution in [2.45, 2.75) is 19.0 Å². The van der Waals surface area contributed by atoms with Gasteiger partial charge in [0.2, 0.25) is 5.91 Å². The van der Waals surface area contributed by atoms with E-state index in [1.54, 1.807) is 0 Å². The van der Waals surface area contributed by atoms with Crippen LogP contribution < -0.4 is 10.1 Å². The van der Waals surface area contributed by atoms with E-state index in [1.807, 2.05) is 74.0 Å². The number of anilines is 1. The number of carbonyl (C=O) groups is 1. The number of aryl methyl sites for hydroxylation is 1. The lowest BCUT2D eigenvalue weighted by atomic mass is 10.2. The average Bonchev–Trinajstić information content (AvgIpc) is 3.03. The molecule has 0 spiro atoms. The molecule has 1 heterocycles. The lowest BCUT2D eigenvalue weighted by Crippen LogP contribution is -2.15. The first-order valence-electron chi connectivity index (χ1n) is 8.69. The van der Waals surface area contributed by atoms with Gasteiger partial charge in [-0.05, 0) is 49.7 Å². The van der Waals surface area contributed by atoms with Crippen LogP contribution in [0.2, 0.25) is 0 Å². The van der Waals surface area contributed by atoms with Gasteiger partial charge in [0.05, 0.1) is 12.4 Å². The van der Waals surface area contributed by atoms with Crippen molar-refractivity contribution in [2.75, 3.05) is 17.7 Å². The molecule has 0 aliphatic heterocycles. The van der Waals surface area contributed by atoms with Crippen LogP contribution in [0.15, 0.2) is 53.7 Å². The minimum Gasteiger partial charge on any atom is -0.494 e. The van der Waals surface area contributed by atoms with Gasteiger partial charge in [0.15, 0.2) is 11.0 Å². The van der Waals surface area contributed by atoms with Crippen molar-refractivity contribution in [3.8, 4) is 17.1 Å².